The summed E-state index contributed by atoms with van der Waals surface area (Å²) in [7, 11) is 1.44. The summed E-state index contributed by atoms with van der Waals surface area (Å²) in [5.41, 5.74) is 0. The number of allylic oxidation sites excluding steroid dienone is 26. The van der Waals surface area contributed by atoms with Crippen LogP contribution in [0.1, 0.15) is 284 Å². The third-order valence-corrected chi connectivity index (χ3v) is 16.0. The third kappa shape index (κ3) is 72.7. The number of carbonyl (C=O) groups is 2. The zero-order valence-electron chi connectivity index (χ0n) is 58.3. The molecule has 0 aromatic carbocycles. The highest BCUT2D eigenvalue weighted by Gasteiger charge is 2.27. The van der Waals surface area contributed by atoms with Crippen LogP contribution in [0.3, 0.4) is 0 Å². The van der Waals surface area contributed by atoms with Crippen molar-refractivity contribution in [2.75, 3.05) is 47.5 Å². The lowest BCUT2D eigenvalue weighted by Gasteiger charge is -2.24. The molecule has 0 saturated heterocycles. The van der Waals surface area contributed by atoms with Gasteiger partial charge in [0.1, 0.15) is 19.8 Å². The number of phosphoric ester groups is 1. The van der Waals surface area contributed by atoms with Crippen molar-refractivity contribution in [1.82, 2.24) is 0 Å². The molecule has 0 saturated carbocycles. The quantitative estimate of drug-likeness (QED) is 0.0211. The van der Waals surface area contributed by atoms with Crippen molar-refractivity contribution in [2.24, 2.45) is 0 Å². The van der Waals surface area contributed by atoms with E-state index in [1.807, 2.05) is 21.1 Å². The molecule has 0 aliphatic heterocycles. The molecule has 0 rings (SSSR count). The van der Waals surface area contributed by atoms with Crippen LogP contribution >= 0.6 is 7.82 Å². The van der Waals surface area contributed by atoms with Crippen molar-refractivity contribution in [3.05, 3.63) is 158 Å². The van der Waals surface area contributed by atoms with Gasteiger partial charge in [0.2, 0.25) is 0 Å². The number of ether oxygens (including phenoxy) is 2. The summed E-state index contributed by atoms with van der Waals surface area (Å²) in [6.45, 7) is 4.16. The van der Waals surface area contributed by atoms with E-state index in [1.165, 1.54) is 135 Å². The molecule has 0 spiro atoms. The molecule has 2 atom stereocenters. The summed E-state index contributed by atoms with van der Waals surface area (Å²) < 4.78 is 34.7. The molecule has 0 aromatic rings. The van der Waals surface area contributed by atoms with Crippen molar-refractivity contribution in [2.45, 2.75) is 290 Å². The standard InChI is InChI=1S/C80H134NO8P/c1-6-8-10-12-14-16-18-20-22-24-26-28-30-32-34-35-36-37-38-39-40-41-42-43-44-45-47-48-50-52-54-56-58-60-62-64-66-68-70-72-79(82)86-76-78(77-88-90(84,85)87-75-74-81(3,4)5)89-80(83)73-71-69-67-65-63-61-59-57-55-53-51-49-46-33-31-29-27-25-23-21-19-17-15-13-11-9-7-2/h8-11,14-17,20-23,26-29,32-34,46,51,53,57,59,63,65,78H,6-7,12-13,18-19,24-25,30-31,35-45,47-50,52,54-56,58,60-62,64,66-77H2,1-5H3/p+1/b10-8-,11-9-,16-14-,17-15-,22-20-,23-21-,28-26-,29-27-,34-32-,46-33-,53-51-,59-57-,65-63-. The second-order valence-electron chi connectivity index (χ2n) is 24.9. The van der Waals surface area contributed by atoms with E-state index in [9.17, 15) is 19.0 Å². The molecular formula is C80H135NO8P+. The maximum Gasteiger partial charge on any atom is 0.472 e. The van der Waals surface area contributed by atoms with Gasteiger partial charge < -0.3 is 18.9 Å². The number of unbranched alkanes of at least 4 members (excludes halogenated alkanes) is 25. The average Bonchev–Trinajstić information content (AvgIpc) is 3.61. The first-order valence-corrected chi connectivity index (χ1v) is 37.7. The molecule has 1 N–H and O–H groups in total. The molecule has 9 nitrogen and oxygen atoms in total. The largest absolute Gasteiger partial charge is 0.472 e. The zero-order valence-corrected chi connectivity index (χ0v) is 59.2. The van der Waals surface area contributed by atoms with Crippen LogP contribution < -0.4 is 0 Å². The van der Waals surface area contributed by atoms with Crippen LogP contribution in [0.5, 0.6) is 0 Å². The second kappa shape index (κ2) is 69.0. The fraction of sp³-hybridized carbons (Fsp3) is 0.650. The Hall–Kier alpha value is -4.37. The van der Waals surface area contributed by atoms with Crippen LogP contribution in [0.4, 0.5) is 0 Å². The number of nitrogens with zero attached hydrogens (tertiary/aromatic N) is 1. The average molecular weight is 1270 g/mol. The molecular weight excluding hydrogens is 1130 g/mol. The summed E-state index contributed by atoms with van der Waals surface area (Å²) in [5.74, 6) is -0.850. The van der Waals surface area contributed by atoms with Gasteiger partial charge in [-0.05, 0) is 122 Å². The second-order valence-corrected chi connectivity index (χ2v) is 26.3. The Morgan fingerprint density at radius 3 is 0.911 bits per heavy atom. The van der Waals surface area contributed by atoms with Crippen LogP contribution in [0.25, 0.3) is 0 Å². The number of quaternary nitrogens is 1. The van der Waals surface area contributed by atoms with Gasteiger partial charge in [-0.15, -0.1) is 0 Å². The van der Waals surface area contributed by atoms with Crippen molar-refractivity contribution in [1.29, 1.82) is 0 Å². The molecule has 0 aliphatic rings. The van der Waals surface area contributed by atoms with E-state index in [2.05, 4.69) is 172 Å². The lowest BCUT2D eigenvalue weighted by atomic mass is 10.0. The first kappa shape index (κ1) is 85.6. The van der Waals surface area contributed by atoms with Gasteiger partial charge >= 0.3 is 19.8 Å². The van der Waals surface area contributed by atoms with Crippen molar-refractivity contribution >= 4 is 19.8 Å². The first-order chi connectivity index (χ1) is 44.0. The monoisotopic (exact) mass is 1270 g/mol. The molecule has 0 amide bonds. The molecule has 0 bridgehead atoms. The summed E-state index contributed by atoms with van der Waals surface area (Å²) in [4.78, 5) is 35.9. The van der Waals surface area contributed by atoms with E-state index >= 15 is 0 Å². The van der Waals surface area contributed by atoms with Gasteiger partial charge in [0.15, 0.2) is 6.10 Å². The van der Waals surface area contributed by atoms with E-state index in [0.717, 1.165) is 116 Å². The third-order valence-electron chi connectivity index (χ3n) is 15.1. The number of esters is 2. The van der Waals surface area contributed by atoms with Gasteiger partial charge in [-0.25, -0.2) is 4.57 Å². The van der Waals surface area contributed by atoms with Crippen molar-refractivity contribution in [3.8, 4) is 0 Å². The Bertz CT molecular complexity index is 2080. The number of hydrogen-bond donors (Lipinski definition) is 1. The minimum atomic E-state index is -4.41. The Morgan fingerprint density at radius 2 is 0.600 bits per heavy atom. The van der Waals surface area contributed by atoms with Crippen LogP contribution in [0, 0.1) is 0 Å². The molecule has 0 aromatic heterocycles. The fourth-order valence-corrected chi connectivity index (χ4v) is 10.3. The van der Waals surface area contributed by atoms with Gasteiger partial charge in [-0.3, -0.25) is 18.6 Å². The summed E-state index contributed by atoms with van der Waals surface area (Å²) in [5, 5.41) is 0. The normalized spacial score (nSPS) is 14.1. The lowest BCUT2D eigenvalue weighted by molar-refractivity contribution is -0.870. The number of carbonyl (C=O) groups excluding carboxylic acids is 2. The molecule has 512 valence electrons. The Morgan fingerprint density at radius 1 is 0.344 bits per heavy atom. The van der Waals surface area contributed by atoms with Gasteiger partial charge in [-0.1, -0.05) is 307 Å². The van der Waals surface area contributed by atoms with E-state index in [0.29, 0.717) is 17.4 Å². The maximum atomic E-state index is 12.9. The molecule has 10 heteroatoms. The lowest BCUT2D eigenvalue weighted by Crippen LogP contribution is -2.37. The predicted octanol–water partition coefficient (Wildman–Crippen LogP) is 23.9. The molecule has 0 radical (unpaired) electrons. The molecule has 90 heavy (non-hydrogen) atoms. The Labute approximate surface area is 554 Å². The highest BCUT2D eigenvalue weighted by molar-refractivity contribution is 7.47. The minimum Gasteiger partial charge on any atom is -0.462 e. The van der Waals surface area contributed by atoms with Crippen LogP contribution in [-0.4, -0.2) is 74.9 Å². The molecule has 0 fully saturated rings. The SMILES string of the molecule is CC/C=C\C/C=C\C/C=C\C/C=C\C/C=C\C/C=C\C/C=C\C/C=C\CCCCC(=O)OC(COC(=O)CCCCCCCCCCCCCCCCCCCCCCCCC/C=C\C/C=C\C/C=C\C/C=C\C/C=C\CC)COP(=O)(O)OCC[N+](C)(C)C. The van der Waals surface area contributed by atoms with Gasteiger partial charge in [0.25, 0.3) is 0 Å². The van der Waals surface area contributed by atoms with E-state index in [1.54, 1.807) is 0 Å². The van der Waals surface area contributed by atoms with Crippen LogP contribution in [0.2, 0.25) is 0 Å². The molecule has 0 heterocycles. The smallest absolute Gasteiger partial charge is 0.462 e. The van der Waals surface area contributed by atoms with Crippen LogP contribution in [-0.2, 0) is 32.7 Å². The van der Waals surface area contributed by atoms with E-state index in [-0.39, 0.29) is 32.0 Å². The summed E-state index contributed by atoms with van der Waals surface area (Å²) in [6.07, 6.45) is 104. The first-order valence-electron chi connectivity index (χ1n) is 36.2. The van der Waals surface area contributed by atoms with Crippen molar-refractivity contribution < 1.29 is 42.1 Å². The van der Waals surface area contributed by atoms with Gasteiger partial charge in [-0.2, -0.15) is 0 Å². The Kier molecular flexibility index (Phi) is 65.6. The van der Waals surface area contributed by atoms with Gasteiger partial charge in [0, 0.05) is 12.8 Å². The van der Waals surface area contributed by atoms with Crippen LogP contribution in [0.15, 0.2) is 158 Å². The number of phosphoric acid groups is 1. The van der Waals surface area contributed by atoms with E-state index in [4.69, 9.17) is 18.5 Å². The molecule has 2 unspecified atom stereocenters. The van der Waals surface area contributed by atoms with Crippen molar-refractivity contribution in [3.63, 3.8) is 0 Å². The number of likely N-dealkylation sites (N-methyl/N-ethyl adjacent to an activating group) is 1. The predicted molar refractivity (Wildman–Crippen MR) is 390 cm³/mol. The maximum absolute atomic E-state index is 12.9. The fourth-order valence-electron chi connectivity index (χ4n) is 9.59. The number of rotatable bonds is 65. The van der Waals surface area contributed by atoms with E-state index < -0.39 is 26.5 Å². The number of hydrogen-bond acceptors (Lipinski definition) is 7. The zero-order chi connectivity index (χ0) is 65.5. The Balaban J connectivity index is 4.06. The highest BCUT2D eigenvalue weighted by atomic mass is 31.2. The summed E-state index contributed by atoms with van der Waals surface area (Å²) >= 11 is 0. The van der Waals surface area contributed by atoms with Gasteiger partial charge in [0.05, 0.1) is 27.7 Å². The summed E-state index contributed by atoms with van der Waals surface area (Å²) in [6, 6.07) is 0. The minimum absolute atomic E-state index is 0.0164. The molecule has 0 aliphatic carbocycles. The topological polar surface area (TPSA) is 108 Å². The highest BCUT2D eigenvalue weighted by Crippen LogP contribution is 2.43.